The minimum atomic E-state index is -1.09. The van der Waals surface area contributed by atoms with Gasteiger partial charge in [-0.15, -0.1) is 11.3 Å². The number of amides is 1. The number of carboxylic acids is 1. The summed E-state index contributed by atoms with van der Waals surface area (Å²) in [5.74, 6) is -3.67. The highest BCUT2D eigenvalue weighted by Gasteiger charge is 2.20. The van der Waals surface area contributed by atoms with E-state index in [-0.39, 0.29) is 30.8 Å². The van der Waals surface area contributed by atoms with Gasteiger partial charge in [0.25, 0.3) is 5.91 Å². The lowest BCUT2D eigenvalue weighted by Gasteiger charge is -2.21. The maximum Gasteiger partial charge on any atom is 0.305 e. The molecular weight excluding hydrogens is 314 g/mol. The third kappa shape index (κ3) is 3.85. The molecule has 22 heavy (non-hydrogen) atoms. The molecule has 1 N–H and O–H groups in total. The number of thiazole rings is 1. The Hall–Kier alpha value is -2.35. The molecule has 116 valence electrons. The normalized spacial score (nSPS) is 10.5. The summed E-state index contributed by atoms with van der Waals surface area (Å²) < 4.78 is 27.0. The van der Waals surface area contributed by atoms with Gasteiger partial charge in [0.15, 0.2) is 11.6 Å². The second-order valence-electron chi connectivity index (χ2n) is 4.46. The number of benzene rings is 1. The maximum absolute atomic E-state index is 13.7. The van der Waals surface area contributed by atoms with Gasteiger partial charge in [0.05, 0.1) is 11.9 Å². The molecule has 1 heterocycles. The van der Waals surface area contributed by atoms with Crippen molar-refractivity contribution in [1.82, 2.24) is 9.88 Å². The SMILES string of the molecule is O=C(O)CCN(Cc1cccc(F)c1F)C(=O)c1cscn1. The molecule has 0 bridgehead atoms. The van der Waals surface area contributed by atoms with Crippen LogP contribution in [0.3, 0.4) is 0 Å². The van der Waals surface area contributed by atoms with E-state index in [4.69, 9.17) is 5.11 Å². The van der Waals surface area contributed by atoms with Crippen molar-refractivity contribution in [2.24, 2.45) is 0 Å². The molecule has 0 spiro atoms. The first-order valence-electron chi connectivity index (χ1n) is 6.31. The second kappa shape index (κ2) is 7.08. The standard InChI is InChI=1S/C14H12F2N2O3S/c15-10-3-1-2-9(13(10)16)6-18(5-4-12(19)20)14(21)11-7-22-8-17-11/h1-3,7-8H,4-6H2,(H,19,20). The first kappa shape index (κ1) is 16.0. The van der Waals surface area contributed by atoms with E-state index >= 15 is 0 Å². The van der Waals surface area contributed by atoms with Gasteiger partial charge in [-0.25, -0.2) is 13.8 Å². The van der Waals surface area contributed by atoms with E-state index in [0.717, 1.165) is 11.0 Å². The van der Waals surface area contributed by atoms with Crippen LogP contribution in [0.2, 0.25) is 0 Å². The van der Waals surface area contributed by atoms with Crippen molar-refractivity contribution in [3.8, 4) is 0 Å². The fraction of sp³-hybridized carbons (Fsp3) is 0.214. The lowest BCUT2D eigenvalue weighted by atomic mass is 10.1. The summed E-state index contributed by atoms with van der Waals surface area (Å²) in [6.07, 6.45) is -0.299. The summed E-state index contributed by atoms with van der Waals surface area (Å²) >= 11 is 1.21. The topological polar surface area (TPSA) is 70.5 Å². The maximum atomic E-state index is 13.7. The number of hydrogen-bond acceptors (Lipinski definition) is 4. The number of rotatable bonds is 6. The number of aromatic nitrogens is 1. The Morgan fingerprint density at radius 2 is 2.09 bits per heavy atom. The van der Waals surface area contributed by atoms with E-state index in [2.05, 4.69) is 4.98 Å². The van der Waals surface area contributed by atoms with E-state index < -0.39 is 23.5 Å². The van der Waals surface area contributed by atoms with Crippen LogP contribution in [-0.2, 0) is 11.3 Å². The predicted octanol–water partition coefficient (Wildman–Crippen LogP) is 2.54. The molecule has 2 rings (SSSR count). The molecule has 0 aliphatic carbocycles. The predicted molar refractivity (Wildman–Crippen MR) is 75.5 cm³/mol. The Bertz CT molecular complexity index is 677. The van der Waals surface area contributed by atoms with Gasteiger partial charge < -0.3 is 10.0 Å². The van der Waals surface area contributed by atoms with Gasteiger partial charge in [-0.1, -0.05) is 12.1 Å². The average Bonchev–Trinajstić information content (AvgIpc) is 3.01. The number of aliphatic carboxylic acids is 1. The van der Waals surface area contributed by atoms with E-state index in [0.29, 0.717) is 0 Å². The summed E-state index contributed by atoms with van der Waals surface area (Å²) in [6, 6.07) is 3.65. The fourth-order valence-electron chi connectivity index (χ4n) is 1.84. The van der Waals surface area contributed by atoms with Crippen LogP contribution in [-0.4, -0.2) is 33.4 Å². The minimum Gasteiger partial charge on any atom is -0.481 e. The Kier molecular flexibility index (Phi) is 5.16. The van der Waals surface area contributed by atoms with Crippen molar-refractivity contribution in [3.63, 3.8) is 0 Å². The summed E-state index contributed by atoms with van der Waals surface area (Å²) in [5.41, 5.74) is 1.59. The lowest BCUT2D eigenvalue weighted by Crippen LogP contribution is -2.33. The summed E-state index contributed by atoms with van der Waals surface area (Å²) in [6.45, 7) is -0.352. The van der Waals surface area contributed by atoms with Crippen LogP contribution in [0.5, 0.6) is 0 Å². The molecule has 0 saturated heterocycles. The van der Waals surface area contributed by atoms with Gasteiger partial charge in [-0.05, 0) is 6.07 Å². The fourth-order valence-corrected chi connectivity index (χ4v) is 2.37. The molecule has 0 radical (unpaired) electrons. The van der Waals surface area contributed by atoms with E-state index in [1.807, 2.05) is 0 Å². The molecular formula is C14H12F2N2O3S. The highest BCUT2D eigenvalue weighted by Crippen LogP contribution is 2.16. The highest BCUT2D eigenvalue weighted by molar-refractivity contribution is 7.07. The molecule has 5 nitrogen and oxygen atoms in total. The van der Waals surface area contributed by atoms with Crippen LogP contribution in [0.15, 0.2) is 29.1 Å². The molecule has 1 aromatic heterocycles. The Morgan fingerprint density at radius 3 is 2.73 bits per heavy atom. The zero-order valence-electron chi connectivity index (χ0n) is 11.3. The van der Waals surface area contributed by atoms with Crippen molar-refractivity contribution in [2.45, 2.75) is 13.0 Å². The van der Waals surface area contributed by atoms with Crippen LogP contribution >= 0.6 is 11.3 Å². The Morgan fingerprint density at radius 1 is 1.32 bits per heavy atom. The Balaban J connectivity index is 2.22. The van der Waals surface area contributed by atoms with Crippen LogP contribution in [0.25, 0.3) is 0 Å². The van der Waals surface area contributed by atoms with E-state index in [1.165, 1.54) is 34.4 Å². The zero-order chi connectivity index (χ0) is 16.1. The van der Waals surface area contributed by atoms with Gasteiger partial charge in [0.2, 0.25) is 0 Å². The third-order valence-electron chi connectivity index (χ3n) is 2.93. The number of carboxylic acid groups (broad SMARTS) is 1. The third-order valence-corrected chi connectivity index (χ3v) is 3.51. The molecule has 8 heteroatoms. The number of halogens is 2. The first-order valence-corrected chi connectivity index (χ1v) is 7.25. The van der Waals surface area contributed by atoms with Gasteiger partial charge in [0, 0.05) is 24.0 Å². The molecule has 0 unspecified atom stereocenters. The van der Waals surface area contributed by atoms with Crippen molar-refractivity contribution < 1.29 is 23.5 Å². The highest BCUT2D eigenvalue weighted by atomic mass is 32.1. The van der Waals surface area contributed by atoms with Crippen molar-refractivity contribution in [1.29, 1.82) is 0 Å². The zero-order valence-corrected chi connectivity index (χ0v) is 12.1. The van der Waals surface area contributed by atoms with Gasteiger partial charge in [0.1, 0.15) is 5.69 Å². The van der Waals surface area contributed by atoms with E-state index in [1.54, 1.807) is 0 Å². The first-order chi connectivity index (χ1) is 10.5. The molecule has 0 aliphatic heterocycles. The molecule has 1 amide bonds. The number of hydrogen-bond donors (Lipinski definition) is 1. The van der Waals surface area contributed by atoms with Crippen LogP contribution in [0, 0.1) is 11.6 Å². The van der Waals surface area contributed by atoms with Gasteiger partial charge in [-0.3, -0.25) is 9.59 Å². The largest absolute Gasteiger partial charge is 0.481 e. The van der Waals surface area contributed by atoms with Gasteiger partial charge >= 0.3 is 5.97 Å². The minimum absolute atomic E-state index is 0.0195. The molecule has 0 saturated carbocycles. The number of nitrogens with zero attached hydrogens (tertiary/aromatic N) is 2. The molecule has 1 aromatic carbocycles. The van der Waals surface area contributed by atoms with Gasteiger partial charge in [-0.2, -0.15) is 0 Å². The molecule has 0 aliphatic rings. The summed E-state index contributed by atoms with van der Waals surface area (Å²) in [4.78, 5) is 28.0. The Labute approximate surface area is 128 Å². The second-order valence-corrected chi connectivity index (χ2v) is 5.18. The van der Waals surface area contributed by atoms with E-state index in [9.17, 15) is 18.4 Å². The summed E-state index contributed by atoms with van der Waals surface area (Å²) in [7, 11) is 0. The lowest BCUT2D eigenvalue weighted by molar-refractivity contribution is -0.137. The summed E-state index contributed by atoms with van der Waals surface area (Å²) in [5, 5.41) is 10.3. The molecule has 2 aromatic rings. The smallest absolute Gasteiger partial charge is 0.305 e. The van der Waals surface area contributed by atoms with Crippen molar-refractivity contribution in [3.05, 3.63) is 52.0 Å². The van der Waals surface area contributed by atoms with Crippen LogP contribution in [0.4, 0.5) is 8.78 Å². The van der Waals surface area contributed by atoms with Crippen LogP contribution < -0.4 is 0 Å². The van der Waals surface area contributed by atoms with Crippen molar-refractivity contribution in [2.75, 3.05) is 6.54 Å². The molecule has 0 atom stereocenters. The van der Waals surface area contributed by atoms with Crippen molar-refractivity contribution >= 4 is 23.2 Å². The number of carbonyl (C=O) groups excluding carboxylic acids is 1. The quantitative estimate of drug-likeness (QED) is 0.885. The monoisotopic (exact) mass is 326 g/mol. The molecule has 0 fully saturated rings. The van der Waals surface area contributed by atoms with Crippen LogP contribution in [0.1, 0.15) is 22.5 Å². The average molecular weight is 326 g/mol. The number of carbonyl (C=O) groups is 2.